The van der Waals surface area contributed by atoms with Gasteiger partial charge in [-0.2, -0.15) is 12.6 Å². The molecule has 0 aliphatic heterocycles. The molecular weight excluding hydrogens is 220 g/mol. The summed E-state index contributed by atoms with van der Waals surface area (Å²) in [7, 11) is 0. The molecule has 16 heavy (non-hydrogen) atoms. The summed E-state index contributed by atoms with van der Waals surface area (Å²) in [6.45, 7) is 8.00. The molecule has 2 nitrogen and oxygen atoms in total. The van der Waals surface area contributed by atoms with E-state index in [2.05, 4.69) is 12.6 Å². The van der Waals surface area contributed by atoms with Gasteiger partial charge in [-0.05, 0) is 5.56 Å². The number of rotatable bonds is 3. The van der Waals surface area contributed by atoms with Gasteiger partial charge in [0, 0.05) is 5.25 Å². The van der Waals surface area contributed by atoms with Crippen LogP contribution in [0.25, 0.3) is 0 Å². The lowest BCUT2D eigenvalue weighted by molar-refractivity contribution is -0.137. The third-order valence-corrected chi connectivity index (χ3v) is 2.03. The van der Waals surface area contributed by atoms with Gasteiger partial charge in [0.05, 0.1) is 6.42 Å². The van der Waals surface area contributed by atoms with Gasteiger partial charge in [0.1, 0.15) is 0 Å². The maximum Gasteiger partial charge on any atom is 0.304 e. The van der Waals surface area contributed by atoms with Crippen LogP contribution in [0.15, 0.2) is 30.3 Å². The highest BCUT2D eigenvalue weighted by Crippen LogP contribution is 2.22. The third kappa shape index (κ3) is 8.36. The molecule has 1 unspecified atom stereocenters. The fourth-order valence-corrected chi connectivity index (χ4v) is 1.29. The van der Waals surface area contributed by atoms with E-state index in [4.69, 9.17) is 5.11 Å². The number of carbonyl (C=O) groups is 1. The molecule has 1 rings (SSSR count). The first-order chi connectivity index (χ1) is 7.70. The molecule has 0 bridgehead atoms. The number of carboxylic acids is 1. The van der Waals surface area contributed by atoms with E-state index in [1.807, 2.05) is 58.0 Å². The molecule has 0 aliphatic carbocycles. The molecule has 0 fully saturated rings. The van der Waals surface area contributed by atoms with E-state index in [1.165, 1.54) is 0 Å². The van der Waals surface area contributed by atoms with E-state index in [9.17, 15) is 4.79 Å². The lowest BCUT2D eigenvalue weighted by atomic mass is 10.1. The molecule has 0 aromatic heterocycles. The minimum Gasteiger partial charge on any atom is -0.481 e. The van der Waals surface area contributed by atoms with Crippen molar-refractivity contribution in [3.8, 4) is 0 Å². The highest BCUT2D eigenvalue weighted by Gasteiger charge is 2.09. The van der Waals surface area contributed by atoms with Gasteiger partial charge < -0.3 is 5.11 Å². The molecule has 1 N–H and O–H groups in total. The quantitative estimate of drug-likeness (QED) is 0.780. The topological polar surface area (TPSA) is 37.3 Å². The predicted molar refractivity (Wildman–Crippen MR) is 73.1 cm³/mol. The molecular formula is C13H22O2S. The Hall–Kier alpha value is -0.960. The van der Waals surface area contributed by atoms with Gasteiger partial charge in [-0.1, -0.05) is 58.0 Å². The van der Waals surface area contributed by atoms with Crippen molar-refractivity contribution < 1.29 is 9.90 Å². The number of carboxylic acid groups (broad SMARTS) is 1. The Morgan fingerprint density at radius 3 is 2.00 bits per heavy atom. The molecule has 0 heterocycles. The van der Waals surface area contributed by atoms with E-state index >= 15 is 0 Å². The van der Waals surface area contributed by atoms with Crippen LogP contribution in [0.2, 0.25) is 0 Å². The van der Waals surface area contributed by atoms with Crippen LogP contribution in [0.4, 0.5) is 0 Å². The second kappa shape index (κ2) is 12.1. The number of benzene rings is 1. The maximum absolute atomic E-state index is 10.3. The molecule has 0 spiro atoms. The summed E-state index contributed by atoms with van der Waals surface area (Å²) in [6.07, 6.45) is 0.0626. The van der Waals surface area contributed by atoms with E-state index in [0.29, 0.717) is 0 Å². The van der Waals surface area contributed by atoms with Crippen molar-refractivity contribution in [2.45, 2.75) is 39.4 Å². The van der Waals surface area contributed by atoms with E-state index in [-0.39, 0.29) is 11.7 Å². The fourth-order valence-electron chi connectivity index (χ4n) is 0.958. The molecule has 92 valence electrons. The molecule has 1 atom stereocenters. The molecule has 0 radical (unpaired) electrons. The highest BCUT2D eigenvalue weighted by molar-refractivity contribution is 7.80. The van der Waals surface area contributed by atoms with Gasteiger partial charge in [-0.3, -0.25) is 4.79 Å². The average molecular weight is 242 g/mol. The first-order valence-electron chi connectivity index (χ1n) is 5.65. The summed E-state index contributed by atoms with van der Waals surface area (Å²) in [4.78, 5) is 10.3. The molecule has 1 aromatic carbocycles. The maximum atomic E-state index is 10.3. The number of thiol groups is 1. The first-order valence-corrected chi connectivity index (χ1v) is 6.16. The van der Waals surface area contributed by atoms with Crippen LogP contribution in [-0.4, -0.2) is 11.1 Å². The molecule has 0 saturated heterocycles. The fraction of sp³-hybridized carbons (Fsp3) is 0.462. The molecule has 0 amide bonds. The van der Waals surface area contributed by atoms with Gasteiger partial charge in [0.25, 0.3) is 0 Å². The smallest absolute Gasteiger partial charge is 0.304 e. The lowest BCUT2D eigenvalue weighted by Crippen LogP contribution is -2.00. The Bertz CT molecular complexity index is 260. The van der Waals surface area contributed by atoms with Crippen LogP contribution < -0.4 is 0 Å². The Labute approximate surface area is 104 Å². The summed E-state index contributed by atoms with van der Waals surface area (Å²) >= 11 is 4.18. The number of hydrogen-bond acceptors (Lipinski definition) is 2. The largest absolute Gasteiger partial charge is 0.481 e. The van der Waals surface area contributed by atoms with Gasteiger partial charge >= 0.3 is 5.97 Å². The second-order valence-electron chi connectivity index (χ2n) is 2.52. The molecule has 1 aromatic rings. The first kappa shape index (κ1) is 17.4. The van der Waals surface area contributed by atoms with E-state index in [1.54, 1.807) is 0 Å². The van der Waals surface area contributed by atoms with Gasteiger partial charge in [0.15, 0.2) is 0 Å². The Balaban J connectivity index is 0. The predicted octanol–water partition coefficient (Wildman–Crippen LogP) is 4.18. The number of aliphatic carboxylic acids is 1. The van der Waals surface area contributed by atoms with Crippen LogP contribution in [0.1, 0.15) is 44.9 Å². The van der Waals surface area contributed by atoms with Crippen molar-refractivity contribution in [1.82, 2.24) is 0 Å². The summed E-state index contributed by atoms with van der Waals surface area (Å²) in [5, 5.41) is 8.29. The lowest BCUT2D eigenvalue weighted by Gasteiger charge is -2.06. The van der Waals surface area contributed by atoms with Crippen molar-refractivity contribution >= 4 is 18.6 Å². The highest BCUT2D eigenvalue weighted by atomic mass is 32.1. The Morgan fingerprint density at radius 1 is 1.19 bits per heavy atom. The van der Waals surface area contributed by atoms with Crippen molar-refractivity contribution in [3.05, 3.63) is 35.9 Å². The van der Waals surface area contributed by atoms with Crippen molar-refractivity contribution in [2.24, 2.45) is 0 Å². The van der Waals surface area contributed by atoms with Crippen LogP contribution in [-0.2, 0) is 4.79 Å². The minimum absolute atomic E-state index is 0.0626. The second-order valence-corrected chi connectivity index (χ2v) is 3.15. The average Bonchev–Trinajstić information content (AvgIpc) is 2.34. The van der Waals surface area contributed by atoms with Crippen molar-refractivity contribution in [3.63, 3.8) is 0 Å². The SMILES string of the molecule is CC.CC.O=C(O)CC(S)c1ccccc1. The molecule has 0 saturated carbocycles. The zero-order valence-corrected chi connectivity index (χ0v) is 11.4. The van der Waals surface area contributed by atoms with E-state index < -0.39 is 5.97 Å². The van der Waals surface area contributed by atoms with Crippen LogP contribution in [0, 0.1) is 0 Å². The van der Waals surface area contributed by atoms with Crippen molar-refractivity contribution in [2.75, 3.05) is 0 Å². The zero-order chi connectivity index (χ0) is 13.0. The monoisotopic (exact) mass is 242 g/mol. The van der Waals surface area contributed by atoms with Crippen LogP contribution in [0.5, 0.6) is 0 Å². The molecule has 3 heteroatoms. The summed E-state index contributed by atoms with van der Waals surface area (Å²) in [6, 6.07) is 9.40. The van der Waals surface area contributed by atoms with Gasteiger partial charge in [0.2, 0.25) is 0 Å². The summed E-state index contributed by atoms with van der Waals surface area (Å²) < 4.78 is 0. The summed E-state index contributed by atoms with van der Waals surface area (Å²) in [5.74, 6) is -0.821. The summed E-state index contributed by atoms with van der Waals surface area (Å²) in [5.41, 5.74) is 0.947. The minimum atomic E-state index is -0.821. The Morgan fingerprint density at radius 2 is 1.62 bits per heavy atom. The van der Waals surface area contributed by atoms with Gasteiger partial charge in [-0.25, -0.2) is 0 Å². The number of hydrogen-bond donors (Lipinski definition) is 2. The Kier molecular flexibility index (Phi) is 13.2. The van der Waals surface area contributed by atoms with Crippen molar-refractivity contribution in [1.29, 1.82) is 0 Å². The van der Waals surface area contributed by atoms with Gasteiger partial charge in [-0.15, -0.1) is 0 Å². The van der Waals surface area contributed by atoms with Crippen LogP contribution >= 0.6 is 12.6 Å². The zero-order valence-electron chi connectivity index (χ0n) is 10.5. The van der Waals surface area contributed by atoms with Crippen LogP contribution in [0.3, 0.4) is 0 Å². The molecule has 0 aliphatic rings. The third-order valence-electron chi connectivity index (χ3n) is 1.55. The normalized spacial score (nSPS) is 10.1. The van der Waals surface area contributed by atoms with E-state index in [0.717, 1.165) is 5.56 Å². The standard InChI is InChI=1S/C9H10O2S.2C2H6/c10-9(11)6-8(12)7-4-2-1-3-5-7;2*1-2/h1-5,8,12H,6H2,(H,10,11);2*1-2H3.